The third-order valence-corrected chi connectivity index (χ3v) is 3.36. The first-order valence-electron chi connectivity index (χ1n) is 5.88. The lowest BCUT2D eigenvalue weighted by Gasteiger charge is -2.33. The predicted molar refractivity (Wildman–Crippen MR) is 85.0 cm³/mol. The number of nitrogens with zero attached hydrogens (tertiary/aromatic N) is 1. The van der Waals surface area contributed by atoms with Gasteiger partial charge in [-0.25, -0.2) is 4.39 Å². The van der Waals surface area contributed by atoms with E-state index >= 15 is 0 Å². The molecule has 20 heavy (non-hydrogen) atoms. The molecule has 3 nitrogen and oxygen atoms in total. The summed E-state index contributed by atoms with van der Waals surface area (Å²) in [5.74, 6) is -1.04. The molecule has 114 valence electrons. The van der Waals surface area contributed by atoms with Gasteiger partial charge in [-0.05, 0) is 12.1 Å². The van der Waals surface area contributed by atoms with Crippen LogP contribution < -0.4 is 5.32 Å². The molecule has 0 aromatic heterocycles. The fourth-order valence-electron chi connectivity index (χ4n) is 2.24. The molecule has 0 radical (unpaired) electrons. The Morgan fingerprint density at radius 3 is 2.50 bits per heavy atom. The smallest absolute Gasteiger partial charge is 0.166 e. The maximum Gasteiger partial charge on any atom is 0.166 e. The highest BCUT2D eigenvalue weighted by Crippen LogP contribution is 2.34. The van der Waals surface area contributed by atoms with Crippen LogP contribution in [-0.4, -0.2) is 36.2 Å². The summed E-state index contributed by atoms with van der Waals surface area (Å²) in [5, 5.41) is 13.4. The molecular formula is C13H18Cl3FN2O. The second kappa shape index (κ2) is 8.70. The van der Waals surface area contributed by atoms with Crippen molar-refractivity contribution >= 4 is 36.4 Å². The van der Waals surface area contributed by atoms with Crippen LogP contribution in [0.3, 0.4) is 0 Å². The van der Waals surface area contributed by atoms with Crippen molar-refractivity contribution in [2.24, 2.45) is 0 Å². The molecular weight excluding hydrogens is 326 g/mol. The topological polar surface area (TPSA) is 35.5 Å². The van der Waals surface area contributed by atoms with Gasteiger partial charge in [-0.2, -0.15) is 0 Å². The Morgan fingerprint density at radius 2 is 1.95 bits per heavy atom. The van der Waals surface area contributed by atoms with Crippen LogP contribution in [-0.2, 0) is 0 Å². The summed E-state index contributed by atoms with van der Waals surface area (Å²) in [6.07, 6.45) is 1.70. The fraction of sp³-hybridized carbons (Fsp3) is 0.385. The van der Waals surface area contributed by atoms with Gasteiger partial charge in [0.25, 0.3) is 0 Å². The zero-order valence-electron chi connectivity index (χ0n) is 10.8. The van der Waals surface area contributed by atoms with E-state index in [1.54, 1.807) is 12.1 Å². The molecule has 1 fully saturated rings. The van der Waals surface area contributed by atoms with E-state index in [0.29, 0.717) is 5.56 Å². The number of benzene rings is 1. The summed E-state index contributed by atoms with van der Waals surface area (Å²) in [4.78, 5) is 2.13. The van der Waals surface area contributed by atoms with Crippen LogP contribution in [0.1, 0.15) is 11.6 Å². The highest BCUT2D eigenvalue weighted by Gasteiger charge is 2.23. The molecule has 1 aliphatic rings. The zero-order valence-corrected chi connectivity index (χ0v) is 13.2. The number of aromatic hydroxyl groups is 1. The second-order valence-corrected chi connectivity index (χ2v) is 4.73. The molecule has 0 bridgehead atoms. The molecule has 2 N–H and O–H groups in total. The largest absolute Gasteiger partial charge is 0.505 e. The highest BCUT2D eigenvalue weighted by atomic mass is 35.5. The standard InChI is InChI=1S/C13H16ClFN2O.2ClH/c1-2-12(17-5-3-16-4-6-17)10-7-9(14)8-11(15)13(10)18;;/h2,7-8,12,16,18H,1,3-6H2;2*1H/t12-;;/m0../s1. The van der Waals surface area contributed by atoms with Crippen molar-refractivity contribution in [1.82, 2.24) is 10.2 Å². The van der Waals surface area contributed by atoms with E-state index in [2.05, 4.69) is 16.8 Å². The molecule has 0 unspecified atom stereocenters. The summed E-state index contributed by atoms with van der Waals surface area (Å²) < 4.78 is 13.5. The van der Waals surface area contributed by atoms with Crippen molar-refractivity contribution in [2.75, 3.05) is 26.2 Å². The van der Waals surface area contributed by atoms with Gasteiger partial charge in [0.05, 0.1) is 6.04 Å². The van der Waals surface area contributed by atoms with Gasteiger partial charge in [0.1, 0.15) is 0 Å². The Morgan fingerprint density at radius 1 is 1.35 bits per heavy atom. The minimum absolute atomic E-state index is 0. The Bertz CT molecular complexity index is 453. The predicted octanol–water partition coefficient (Wildman–Crippen LogP) is 3.16. The van der Waals surface area contributed by atoms with Crippen LogP contribution in [0.5, 0.6) is 5.75 Å². The average molecular weight is 344 g/mol. The minimum Gasteiger partial charge on any atom is -0.505 e. The third kappa shape index (κ3) is 4.24. The van der Waals surface area contributed by atoms with Gasteiger partial charge < -0.3 is 10.4 Å². The first-order valence-corrected chi connectivity index (χ1v) is 6.26. The molecule has 1 saturated heterocycles. The number of phenolic OH excluding ortho intramolecular Hbond substituents is 1. The maximum absolute atomic E-state index is 13.5. The summed E-state index contributed by atoms with van der Waals surface area (Å²) in [6.45, 7) is 7.16. The molecule has 2 rings (SSSR count). The third-order valence-electron chi connectivity index (χ3n) is 3.14. The molecule has 0 saturated carbocycles. The van der Waals surface area contributed by atoms with Gasteiger partial charge in [0, 0.05) is 36.8 Å². The molecule has 0 aliphatic carbocycles. The van der Waals surface area contributed by atoms with Crippen molar-refractivity contribution in [3.05, 3.63) is 41.2 Å². The minimum atomic E-state index is -0.695. The molecule has 0 spiro atoms. The van der Waals surface area contributed by atoms with Gasteiger partial charge >= 0.3 is 0 Å². The van der Waals surface area contributed by atoms with Gasteiger partial charge in [-0.15, -0.1) is 31.4 Å². The van der Waals surface area contributed by atoms with E-state index in [0.717, 1.165) is 32.2 Å². The first-order chi connectivity index (χ1) is 8.63. The summed E-state index contributed by atoms with van der Waals surface area (Å²) >= 11 is 5.85. The Balaban J connectivity index is 0.00000180. The lowest BCUT2D eigenvalue weighted by atomic mass is 10.0. The summed E-state index contributed by atoms with van der Waals surface area (Å²) in [5.41, 5.74) is 0.469. The molecule has 7 heteroatoms. The number of hydrogen-bond donors (Lipinski definition) is 2. The normalized spacial score (nSPS) is 16.7. The van der Waals surface area contributed by atoms with Gasteiger partial charge in [0.2, 0.25) is 0 Å². The van der Waals surface area contributed by atoms with Crippen LogP contribution >= 0.6 is 36.4 Å². The fourth-order valence-corrected chi connectivity index (χ4v) is 2.46. The van der Waals surface area contributed by atoms with E-state index in [-0.39, 0.29) is 41.6 Å². The van der Waals surface area contributed by atoms with Gasteiger partial charge in [0.15, 0.2) is 11.6 Å². The van der Waals surface area contributed by atoms with Crippen LogP contribution in [0, 0.1) is 5.82 Å². The van der Waals surface area contributed by atoms with Crippen molar-refractivity contribution in [1.29, 1.82) is 0 Å². The molecule has 1 heterocycles. The molecule has 0 amide bonds. The van der Waals surface area contributed by atoms with Crippen LogP contribution in [0.15, 0.2) is 24.8 Å². The maximum atomic E-state index is 13.5. The second-order valence-electron chi connectivity index (χ2n) is 4.29. The number of halogens is 4. The number of rotatable bonds is 3. The Hall–Kier alpha value is -0.520. The van der Waals surface area contributed by atoms with Crippen molar-refractivity contribution in [3.8, 4) is 5.75 Å². The van der Waals surface area contributed by atoms with E-state index in [1.807, 2.05) is 0 Å². The zero-order chi connectivity index (χ0) is 13.1. The van der Waals surface area contributed by atoms with Gasteiger partial charge in [-0.3, -0.25) is 4.90 Å². The summed E-state index contributed by atoms with van der Waals surface area (Å²) in [6, 6.07) is 2.48. The first kappa shape index (κ1) is 19.5. The SMILES string of the molecule is C=C[C@@H](c1cc(Cl)cc(F)c1O)N1CCNCC1.Cl.Cl. The Labute approximate surface area is 135 Å². The summed E-state index contributed by atoms with van der Waals surface area (Å²) in [7, 11) is 0. The van der Waals surface area contributed by atoms with E-state index in [4.69, 9.17) is 11.6 Å². The number of phenols is 1. The Kier molecular flexibility index (Phi) is 8.47. The van der Waals surface area contributed by atoms with Gasteiger partial charge in [-0.1, -0.05) is 17.7 Å². The van der Waals surface area contributed by atoms with E-state index < -0.39 is 5.82 Å². The van der Waals surface area contributed by atoms with Crippen molar-refractivity contribution < 1.29 is 9.50 Å². The van der Waals surface area contributed by atoms with Crippen LogP contribution in [0.4, 0.5) is 4.39 Å². The molecule has 1 aromatic carbocycles. The van der Waals surface area contributed by atoms with Crippen LogP contribution in [0.2, 0.25) is 5.02 Å². The number of hydrogen-bond acceptors (Lipinski definition) is 3. The average Bonchev–Trinajstić information content (AvgIpc) is 2.37. The van der Waals surface area contributed by atoms with Crippen LogP contribution in [0.25, 0.3) is 0 Å². The van der Waals surface area contributed by atoms with Crippen molar-refractivity contribution in [3.63, 3.8) is 0 Å². The molecule has 1 aromatic rings. The monoisotopic (exact) mass is 342 g/mol. The van der Waals surface area contributed by atoms with Crippen molar-refractivity contribution in [2.45, 2.75) is 6.04 Å². The molecule has 1 aliphatic heterocycles. The number of piperazine rings is 1. The lowest BCUT2D eigenvalue weighted by Crippen LogP contribution is -2.44. The molecule has 1 atom stereocenters. The number of nitrogens with one attached hydrogen (secondary N) is 1. The van der Waals surface area contributed by atoms with E-state index in [9.17, 15) is 9.50 Å². The quantitative estimate of drug-likeness (QED) is 0.828. The van der Waals surface area contributed by atoms with E-state index in [1.165, 1.54) is 0 Å². The highest BCUT2D eigenvalue weighted by molar-refractivity contribution is 6.30. The lowest BCUT2D eigenvalue weighted by molar-refractivity contribution is 0.200.